The van der Waals surface area contributed by atoms with E-state index in [1.165, 1.54) is 5.57 Å². The first kappa shape index (κ1) is 23.4. The SMILES string of the molecule is CCN1c2cc(Cl)c(/C=N\NC(=O)c3cc4cc(Br)cc(OC)c4o3)cc2C(C)=CC1(C)C. The third-order valence-electron chi connectivity index (χ3n) is 5.77. The Bertz CT molecular complexity index is 1310. The summed E-state index contributed by atoms with van der Waals surface area (Å²) in [5, 5.41) is 5.42. The number of halogens is 2. The van der Waals surface area contributed by atoms with Crippen LogP contribution in [0.1, 0.15) is 49.4 Å². The van der Waals surface area contributed by atoms with Crippen LogP contribution in [0.4, 0.5) is 5.69 Å². The fourth-order valence-corrected chi connectivity index (χ4v) is 5.02. The number of hydrogen-bond acceptors (Lipinski definition) is 5. The second kappa shape index (κ2) is 8.88. The van der Waals surface area contributed by atoms with E-state index in [4.69, 9.17) is 20.8 Å². The van der Waals surface area contributed by atoms with Crippen molar-refractivity contribution in [2.24, 2.45) is 5.10 Å². The fraction of sp³-hybridized carbons (Fsp3) is 0.280. The summed E-state index contributed by atoms with van der Waals surface area (Å²) >= 11 is 10.00. The molecule has 172 valence electrons. The molecule has 3 aromatic rings. The van der Waals surface area contributed by atoms with Gasteiger partial charge in [-0.05, 0) is 63.6 Å². The molecule has 0 spiro atoms. The molecule has 4 rings (SSSR count). The number of furan rings is 1. The highest BCUT2D eigenvalue weighted by Gasteiger charge is 2.30. The highest BCUT2D eigenvalue weighted by molar-refractivity contribution is 9.10. The standard InChI is InChI=1S/C25H25BrClN3O3/c1-6-30-20-11-19(27)16(8-18(20)14(2)12-25(30,3)4)13-28-29-24(31)22-9-15-7-17(26)10-21(32-5)23(15)33-22/h7-13H,6H2,1-5H3,(H,29,31)/b28-13-. The van der Waals surface area contributed by atoms with Gasteiger partial charge in [0.05, 0.1) is 23.9 Å². The van der Waals surface area contributed by atoms with Crippen molar-refractivity contribution < 1.29 is 13.9 Å². The molecular weight excluding hydrogens is 506 g/mol. The second-order valence-corrected chi connectivity index (χ2v) is 9.78. The van der Waals surface area contributed by atoms with Gasteiger partial charge in [-0.3, -0.25) is 4.79 Å². The molecule has 8 heteroatoms. The molecule has 0 radical (unpaired) electrons. The van der Waals surface area contributed by atoms with E-state index < -0.39 is 5.91 Å². The van der Waals surface area contributed by atoms with Crippen LogP contribution in [-0.2, 0) is 0 Å². The zero-order chi connectivity index (χ0) is 23.9. The minimum atomic E-state index is -0.468. The van der Waals surface area contributed by atoms with Crippen molar-refractivity contribution in [1.82, 2.24) is 5.43 Å². The molecule has 0 aliphatic carbocycles. The van der Waals surface area contributed by atoms with Gasteiger partial charge in [-0.1, -0.05) is 33.6 Å². The third-order valence-corrected chi connectivity index (χ3v) is 6.56. The van der Waals surface area contributed by atoms with Crippen molar-refractivity contribution >= 4 is 61.9 Å². The molecule has 0 saturated carbocycles. The summed E-state index contributed by atoms with van der Waals surface area (Å²) < 4.78 is 11.9. The van der Waals surface area contributed by atoms with Crippen molar-refractivity contribution in [1.29, 1.82) is 0 Å². The van der Waals surface area contributed by atoms with Crippen molar-refractivity contribution in [2.45, 2.75) is 33.2 Å². The number of ether oxygens (including phenoxy) is 1. The molecule has 2 heterocycles. The van der Waals surface area contributed by atoms with Crippen LogP contribution in [0, 0.1) is 0 Å². The van der Waals surface area contributed by atoms with E-state index in [2.05, 4.69) is 65.1 Å². The molecular formula is C25H25BrClN3O3. The van der Waals surface area contributed by atoms with E-state index in [1.54, 1.807) is 25.5 Å². The minimum Gasteiger partial charge on any atom is -0.493 e. The molecule has 6 nitrogen and oxygen atoms in total. The van der Waals surface area contributed by atoms with Crippen LogP contribution in [0.25, 0.3) is 16.5 Å². The highest BCUT2D eigenvalue weighted by Crippen LogP contribution is 2.41. The van der Waals surface area contributed by atoms with Crippen LogP contribution in [0.5, 0.6) is 5.75 Å². The van der Waals surface area contributed by atoms with Gasteiger partial charge in [0.25, 0.3) is 0 Å². The smallest absolute Gasteiger partial charge is 0.307 e. The Morgan fingerprint density at radius 2 is 2.06 bits per heavy atom. The summed E-state index contributed by atoms with van der Waals surface area (Å²) in [5.74, 6) is 0.204. The number of fused-ring (bicyclic) bond motifs is 2. The summed E-state index contributed by atoms with van der Waals surface area (Å²) in [6, 6.07) is 9.24. The number of benzene rings is 2. The summed E-state index contributed by atoms with van der Waals surface area (Å²) in [4.78, 5) is 14.9. The predicted octanol–water partition coefficient (Wildman–Crippen LogP) is 6.64. The maximum absolute atomic E-state index is 12.6. The largest absolute Gasteiger partial charge is 0.493 e. The van der Waals surface area contributed by atoms with Gasteiger partial charge in [0.15, 0.2) is 17.1 Å². The Morgan fingerprint density at radius 1 is 1.30 bits per heavy atom. The van der Waals surface area contributed by atoms with Crippen molar-refractivity contribution in [3.05, 3.63) is 62.8 Å². The lowest BCUT2D eigenvalue weighted by atomic mass is 9.88. The van der Waals surface area contributed by atoms with Crippen LogP contribution in [0.15, 0.2) is 50.4 Å². The van der Waals surface area contributed by atoms with Crippen molar-refractivity contribution in [3.8, 4) is 5.75 Å². The van der Waals surface area contributed by atoms with Crippen LogP contribution in [0.2, 0.25) is 5.02 Å². The van der Waals surface area contributed by atoms with E-state index in [-0.39, 0.29) is 11.3 Å². The number of likely N-dealkylation sites (N-methyl/N-ethyl adjacent to an activating group) is 1. The number of nitrogens with one attached hydrogen (secondary N) is 1. The van der Waals surface area contributed by atoms with Gasteiger partial charge in [0.1, 0.15) is 0 Å². The van der Waals surface area contributed by atoms with Crippen LogP contribution >= 0.6 is 27.5 Å². The minimum absolute atomic E-state index is 0.0937. The van der Waals surface area contributed by atoms with Gasteiger partial charge < -0.3 is 14.1 Å². The predicted molar refractivity (Wildman–Crippen MR) is 138 cm³/mol. The number of hydrazone groups is 1. The Labute approximate surface area is 206 Å². The van der Waals surface area contributed by atoms with Crippen LogP contribution < -0.4 is 15.1 Å². The first-order valence-electron chi connectivity index (χ1n) is 10.6. The van der Waals surface area contributed by atoms with E-state index in [0.29, 0.717) is 16.4 Å². The van der Waals surface area contributed by atoms with E-state index in [0.717, 1.165) is 33.2 Å². The Morgan fingerprint density at radius 3 is 2.76 bits per heavy atom. The van der Waals surface area contributed by atoms with E-state index in [1.807, 2.05) is 18.2 Å². The maximum Gasteiger partial charge on any atom is 0.307 e. The Kier molecular flexibility index (Phi) is 6.29. The van der Waals surface area contributed by atoms with Gasteiger partial charge in [-0.15, -0.1) is 0 Å². The molecule has 0 fully saturated rings. The van der Waals surface area contributed by atoms with Crippen molar-refractivity contribution in [2.75, 3.05) is 18.6 Å². The number of hydrogen-bond donors (Lipinski definition) is 1. The van der Waals surface area contributed by atoms with Gasteiger partial charge in [0, 0.05) is 33.2 Å². The molecule has 1 aliphatic heterocycles. The summed E-state index contributed by atoms with van der Waals surface area (Å²) in [6.07, 6.45) is 3.80. The third kappa shape index (κ3) is 4.39. The number of carbonyl (C=O) groups is 1. The molecule has 0 atom stereocenters. The molecule has 0 bridgehead atoms. The zero-order valence-electron chi connectivity index (χ0n) is 19.1. The Hall–Kier alpha value is -2.77. The maximum atomic E-state index is 12.6. The second-order valence-electron chi connectivity index (χ2n) is 8.45. The van der Waals surface area contributed by atoms with Gasteiger partial charge in [-0.25, -0.2) is 5.43 Å². The van der Waals surface area contributed by atoms with Gasteiger partial charge in [0.2, 0.25) is 0 Å². The molecule has 33 heavy (non-hydrogen) atoms. The first-order chi connectivity index (χ1) is 15.6. The number of anilines is 1. The number of nitrogens with zero attached hydrogens (tertiary/aromatic N) is 2. The fourth-order valence-electron chi connectivity index (χ4n) is 4.36. The monoisotopic (exact) mass is 529 g/mol. The van der Waals surface area contributed by atoms with Crippen LogP contribution in [0.3, 0.4) is 0 Å². The lowest BCUT2D eigenvalue weighted by Crippen LogP contribution is -2.44. The lowest BCUT2D eigenvalue weighted by Gasteiger charge is -2.43. The molecule has 1 aromatic heterocycles. The van der Waals surface area contributed by atoms with Crippen LogP contribution in [-0.4, -0.2) is 31.3 Å². The number of allylic oxidation sites excluding steroid dienone is 1. The average molecular weight is 531 g/mol. The topological polar surface area (TPSA) is 67.1 Å². The number of rotatable bonds is 5. The van der Waals surface area contributed by atoms with Crippen molar-refractivity contribution in [3.63, 3.8) is 0 Å². The Balaban J connectivity index is 1.58. The quantitative estimate of drug-likeness (QED) is 0.296. The lowest BCUT2D eigenvalue weighted by molar-refractivity contribution is 0.0929. The molecule has 1 aliphatic rings. The normalized spacial score (nSPS) is 15.0. The zero-order valence-corrected chi connectivity index (χ0v) is 21.5. The average Bonchev–Trinajstić information content (AvgIpc) is 3.17. The molecule has 0 saturated heterocycles. The number of amides is 1. The summed E-state index contributed by atoms with van der Waals surface area (Å²) in [7, 11) is 1.55. The van der Waals surface area contributed by atoms with Gasteiger partial charge in [-0.2, -0.15) is 5.10 Å². The molecule has 0 unspecified atom stereocenters. The van der Waals surface area contributed by atoms with E-state index >= 15 is 0 Å². The van der Waals surface area contributed by atoms with Gasteiger partial charge >= 0.3 is 5.91 Å². The molecule has 1 N–H and O–H groups in total. The first-order valence-corrected chi connectivity index (χ1v) is 11.7. The summed E-state index contributed by atoms with van der Waals surface area (Å²) in [5.41, 5.74) is 7.01. The summed E-state index contributed by atoms with van der Waals surface area (Å²) in [6.45, 7) is 9.47. The van der Waals surface area contributed by atoms with E-state index in [9.17, 15) is 4.79 Å². The molecule has 2 aromatic carbocycles. The highest BCUT2D eigenvalue weighted by atomic mass is 79.9. The molecule has 1 amide bonds. The number of carbonyl (C=O) groups excluding carboxylic acids is 1. The number of methoxy groups -OCH3 is 1.